The quantitative estimate of drug-likeness (QED) is 0.151. The SMILES string of the molecule is CCCCCCCC/C=C\CCCCCCCC(=O)C(C)(O)CS(=O)(=O)O.[H-].[Na+]. The molecule has 2 N–H and O–H groups in total. The van der Waals surface area contributed by atoms with Crippen molar-refractivity contribution in [2.24, 2.45) is 0 Å². The fourth-order valence-corrected chi connectivity index (χ4v) is 3.93. The Morgan fingerprint density at radius 1 is 0.893 bits per heavy atom. The van der Waals surface area contributed by atoms with E-state index in [-0.39, 0.29) is 37.4 Å². The third kappa shape index (κ3) is 19.6. The summed E-state index contributed by atoms with van der Waals surface area (Å²) < 4.78 is 30.4. The number of rotatable bonds is 18. The molecule has 0 saturated carbocycles. The van der Waals surface area contributed by atoms with Crippen molar-refractivity contribution in [2.45, 2.75) is 109 Å². The summed E-state index contributed by atoms with van der Waals surface area (Å²) in [5, 5.41) is 9.84. The van der Waals surface area contributed by atoms with Crippen molar-refractivity contribution >= 4 is 15.9 Å². The van der Waals surface area contributed by atoms with Crippen LogP contribution in [-0.2, 0) is 14.9 Å². The van der Waals surface area contributed by atoms with Crippen molar-refractivity contribution in [3.63, 3.8) is 0 Å². The predicted octanol–water partition coefficient (Wildman–Crippen LogP) is 2.35. The van der Waals surface area contributed by atoms with Crippen molar-refractivity contribution in [1.29, 1.82) is 0 Å². The fraction of sp³-hybridized carbons (Fsp3) is 0.857. The summed E-state index contributed by atoms with van der Waals surface area (Å²) >= 11 is 0. The minimum absolute atomic E-state index is 0. The molecule has 0 fully saturated rings. The molecular weight excluding hydrogens is 387 g/mol. The molecule has 0 aromatic carbocycles. The molecule has 1 atom stereocenters. The monoisotopic (exact) mass is 428 g/mol. The summed E-state index contributed by atoms with van der Waals surface area (Å²) in [6, 6.07) is 0. The number of Topliss-reactive ketones (excluding diaryl/α,β-unsaturated/α-hetero) is 1. The molecule has 0 spiro atoms. The number of unbranched alkanes of at least 4 members (excludes halogenated alkanes) is 11. The second-order valence-electron chi connectivity index (χ2n) is 7.76. The van der Waals surface area contributed by atoms with E-state index in [0.717, 1.165) is 39.0 Å². The number of carbonyl (C=O) groups excluding carboxylic acids is 1. The van der Waals surface area contributed by atoms with Crippen molar-refractivity contribution in [3.05, 3.63) is 12.2 Å². The molecule has 0 aliphatic carbocycles. The van der Waals surface area contributed by atoms with Crippen LogP contribution in [0.3, 0.4) is 0 Å². The van der Waals surface area contributed by atoms with E-state index in [1.807, 2.05) is 0 Å². The molecule has 0 radical (unpaired) electrons. The zero-order valence-corrected chi connectivity index (χ0v) is 21.1. The zero-order valence-electron chi connectivity index (χ0n) is 19.3. The predicted molar refractivity (Wildman–Crippen MR) is 113 cm³/mol. The van der Waals surface area contributed by atoms with Crippen molar-refractivity contribution in [1.82, 2.24) is 0 Å². The maximum Gasteiger partial charge on any atom is 1.00 e. The molecule has 0 aromatic rings. The van der Waals surface area contributed by atoms with Crippen LogP contribution in [0, 0.1) is 0 Å². The Kier molecular flexibility index (Phi) is 19.7. The Labute approximate surface area is 196 Å². The van der Waals surface area contributed by atoms with Crippen LogP contribution < -0.4 is 29.6 Å². The number of ketones is 1. The normalized spacial score (nSPS) is 14.0. The van der Waals surface area contributed by atoms with Gasteiger partial charge in [-0.25, -0.2) is 0 Å². The van der Waals surface area contributed by atoms with Gasteiger partial charge in [-0.2, -0.15) is 8.42 Å². The van der Waals surface area contributed by atoms with Crippen LogP contribution in [0.15, 0.2) is 12.2 Å². The fourth-order valence-electron chi connectivity index (χ4n) is 3.06. The Hall–Kier alpha value is 0.280. The Bertz CT molecular complexity index is 521. The van der Waals surface area contributed by atoms with Crippen LogP contribution >= 0.6 is 0 Å². The third-order valence-corrected chi connectivity index (χ3v) is 5.66. The summed E-state index contributed by atoms with van der Waals surface area (Å²) in [5.74, 6) is -1.47. The van der Waals surface area contributed by atoms with E-state index in [2.05, 4.69) is 19.1 Å². The molecule has 0 aliphatic rings. The molecule has 0 heterocycles. The molecule has 0 rings (SSSR count). The second-order valence-corrected chi connectivity index (χ2v) is 9.21. The van der Waals surface area contributed by atoms with E-state index in [9.17, 15) is 18.3 Å². The average Bonchev–Trinajstić information content (AvgIpc) is 2.56. The molecule has 1 unspecified atom stereocenters. The van der Waals surface area contributed by atoms with E-state index >= 15 is 0 Å². The summed E-state index contributed by atoms with van der Waals surface area (Å²) in [5.41, 5.74) is -2.01. The van der Waals surface area contributed by atoms with Gasteiger partial charge in [0.15, 0.2) is 5.78 Å². The number of hydrogen-bond donors (Lipinski definition) is 2. The molecule has 0 aliphatic heterocycles. The maximum atomic E-state index is 11.8. The first-order chi connectivity index (χ1) is 12.7. The van der Waals surface area contributed by atoms with Crippen molar-refractivity contribution < 1.29 is 53.9 Å². The molecule has 5 nitrogen and oxygen atoms in total. The van der Waals surface area contributed by atoms with Gasteiger partial charge in [0.2, 0.25) is 0 Å². The summed E-state index contributed by atoms with van der Waals surface area (Å²) in [6.45, 7) is 3.38. The number of aliphatic hydroxyl groups is 1. The van der Waals surface area contributed by atoms with Gasteiger partial charge in [0.1, 0.15) is 11.4 Å². The molecule has 0 bridgehead atoms. The molecule has 162 valence electrons. The molecule has 0 saturated heterocycles. The van der Waals surface area contributed by atoms with Gasteiger partial charge in [0, 0.05) is 6.42 Å². The first kappa shape index (κ1) is 30.5. The van der Waals surface area contributed by atoms with Crippen LogP contribution in [0.5, 0.6) is 0 Å². The second kappa shape index (κ2) is 18.1. The first-order valence-corrected chi connectivity index (χ1v) is 12.2. The van der Waals surface area contributed by atoms with Crippen LogP contribution in [0.25, 0.3) is 0 Å². The van der Waals surface area contributed by atoms with Crippen LogP contribution in [0.1, 0.15) is 105 Å². The van der Waals surface area contributed by atoms with E-state index in [4.69, 9.17) is 4.55 Å². The van der Waals surface area contributed by atoms with Gasteiger partial charge in [-0.3, -0.25) is 9.35 Å². The van der Waals surface area contributed by atoms with Gasteiger partial charge in [-0.1, -0.05) is 70.4 Å². The Morgan fingerprint density at radius 2 is 1.32 bits per heavy atom. The van der Waals surface area contributed by atoms with Gasteiger partial charge < -0.3 is 6.53 Å². The molecule has 0 aromatic heterocycles. The minimum Gasteiger partial charge on any atom is -1.00 e. The summed E-state index contributed by atoms with van der Waals surface area (Å²) in [6.07, 6.45) is 19.8. The van der Waals surface area contributed by atoms with Gasteiger partial charge in [0.25, 0.3) is 10.1 Å². The first-order valence-electron chi connectivity index (χ1n) is 10.5. The average molecular weight is 429 g/mol. The van der Waals surface area contributed by atoms with E-state index in [0.29, 0.717) is 6.42 Å². The largest absolute Gasteiger partial charge is 1.00 e. The number of allylic oxidation sites excluding steroid dienone is 2. The van der Waals surface area contributed by atoms with Crippen molar-refractivity contribution in [2.75, 3.05) is 5.75 Å². The van der Waals surface area contributed by atoms with E-state index in [1.54, 1.807) is 0 Å². The van der Waals surface area contributed by atoms with Gasteiger partial charge in [0.05, 0.1) is 0 Å². The minimum atomic E-state index is -4.36. The number of carbonyl (C=O) groups is 1. The topological polar surface area (TPSA) is 91.7 Å². The van der Waals surface area contributed by atoms with Crippen molar-refractivity contribution in [3.8, 4) is 0 Å². The van der Waals surface area contributed by atoms with Gasteiger partial charge in [-0.05, 0) is 39.0 Å². The summed E-state index contributed by atoms with van der Waals surface area (Å²) in [4.78, 5) is 11.8. The van der Waals surface area contributed by atoms with Gasteiger partial charge in [-0.15, -0.1) is 0 Å². The number of hydrogen-bond acceptors (Lipinski definition) is 4. The molecular formula is C21H41NaO5S. The van der Waals surface area contributed by atoms with E-state index in [1.165, 1.54) is 44.9 Å². The molecule has 0 amide bonds. The van der Waals surface area contributed by atoms with Crippen LogP contribution in [-0.4, -0.2) is 35.2 Å². The van der Waals surface area contributed by atoms with Crippen LogP contribution in [0.4, 0.5) is 0 Å². The molecule has 7 heteroatoms. The third-order valence-electron chi connectivity index (χ3n) is 4.73. The van der Waals surface area contributed by atoms with Gasteiger partial charge >= 0.3 is 29.6 Å². The Morgan fingerprint density at radius 3 is 1.79 bits per heavy atom. The Balaban J connectivity index is -0.00000338. The maximum absolute atomic E-state index is 11.8. The smallest absolute Gasteiger partial charge is 1.00 e. The van der Waals surface area contributed by atoms with E-state index < -0.39 is 27.3 Å². The van der Waals surface area contributed by atoms with Crippen LogP contribution in [0.2, 0.25) is 0 Å². The molecule has 28 heavy (non-hydrogen) atoms. The zero-order chi connectivity index (χ0) is 20.6. The summed E-state index contributed by atoms with van der Waals surface area (Å²) in [7, 11) is -4.36. The standard InChI is InChI=1S/C21H40O5S.Na.H/c1-3-4-5-6-7-8-9-10-11-12-13-14-15-16-17-18-20(22)21(2,23)19-27(24,25)26;;/h10-11,23H,3-9,12-19H2,1-2H3,(H,24,25,26);;/q;+1;-1/b11-10-;;.